The zero-order chi connectivity index (χ0) is 22.9. The second-order valence-electron chi connectivity index (χ2n) is 6.61. The molecule has 31 heavy (non-hydrogen) atoms. The number of carbonyl (C=O) groups excluding carboxylic acids is 1. The number of aromatic nitrogens is 1. The summed E-state index contributed by atoms with van der Waals surface area (Å²) in [5.74, 6) is -1.85. The number of phenolic OH excluding ortho intramolecular Hbond substituents is 1. The first-order valence-corrected chi connectivity index (χ1v) is 10.8. The third kappa shape index (κ3) is 4.84. The molecule has 7 nitrogen and oxygen atoms in total. The lowest BCUT2D eigenvalue weighted by atomic mass is 10.2. The van der Waals surface area contributed by atoms with Gasteiger partial charge in [0.1, 0.15) is 5.75 Å². The molecular formula is C21H16Br2ClN3O4. The molecule has 0 atom stereocenters. The van der Waals surface area contributed by atoms with Crippen LogP contribution in [0.3, 0.4) is 0 Å². The lowest BCUT2D eigenvalue weighted by Crippen LogP contribution is -2.18. The van der Waals surface area contributed by atoms with Gasteiger partial charge in [0.15, 0.2) is 0 Å². The summed E-state index contributed by atoms with van der Waals surface area (Å²) >= 11 is 12.6. The van der Waals surface area contributed by atoms with Crippen molar-refractivity contribution in [3.8, 4) is 11.4 Å². The number of hydrogen-bond donors (Lipinski definition) is 3. The van der Waals surface area contributed by atoms with E-state index in [0.717, 1.165) is 17.0 Å². The third-order valence-electron chi connectivity index (χ3n) is 4.55. The minimum absolute atomic E-state index is 0.0276. The Morgan fingerprint density at radius 1 is 1.13 bits per heavy atom. The molecule has 3 aromatic rings. The molecule has 160 valence electrons. The number of carbonyl (C=O) groups is 2. The molecular weight excluding hydrogens is 554 g/mol. The quantitative estimate of drug-likeness (QED) is 0.281. The third-order valence-corrected chi connectivity index (χ3v) is 5.93. The average Bonchev–Trinajstić information content (AvgIpc) is 2.97. The number of nitrogens with one attached hydrogen (secondary N) is 1. The zero-order valence-electron chi connectivity index (χ0n) is 16.3. The monoisotopic (exact) mass is 567 g/mol. The van der Waals surface area contributed by atoms with Crippen molar-refractivity contribution >= 4 is 61.6 Å². The van der Waals surface area contributed by atoms with Gasteiger partial charge in [0, 0.05) is 27.1 Å². The summed E-state index contributed by atoms with van der Waals surface area (Å²) < 4.78 is 2.91. The summed E-state index contributed by atoms with van der Waals surface area (Å²) in [5, 5.41) is 23.3. The SMILES string of the molecule is Cc1cc(/C=N\NC(=O)c2cc(Br)cc(Br)c2O)c(C)n1-c1ccc(C(=O)O)c(Cl)c1. The van der Waals surface area contributed by atoms with Crippen LogP contribution < -0.4 is 5.43 Å². The number of amides is 1. The second kappa shape index (κ2) is 9.25. The van der Waals surface area contributed by atoms with E-state index in [1.807, 2.05) is 24.5 Å². The maximum Gasteiger partial charge on any atom is 0.337 e. The lowest BCUT2D eigenvalue weighted by Gasteiger charge is -2.11. The van der Waals surface area contributed by atoms with E-state index < -0.39 is 11.9 Å². The molecule has 1 aromatic heterocycles. The van der Waals surface area contributed by atoms with E-state index >= 15 is 0 Å². The van der Waals surface area contributed by atoms with Crippen LogP contribution in [0.25, 0.3) is 5.69 Å². The maximum atomic E-state index is 12.4. The Morgan fingerprint density at radius 2 is 1.84 bits per heavy atom. The predicted octanol–water partition coefficient (Wildman–Crippen LogP) is 5.44. The molecule has 0 aliphatic carbocycles. The maximum absolute atomic E-state index is 12.4. The van der Waals surface area contributed by atoms with Crippen LogP contribution in [0.15, 0.2) is 50.4 Å². The number of aromatic carboxylic acids is 1. The van der Waals surface area contributed by atoms with Crippen LogP contribution in [0.4, 0.5) is 0 Å². The fourth-order valence-electron chi connectivity index (χ4n) is 3.09. The Kier molecular flexibility index (Phi) is 6.88. The van der Waals surface area contributed by atoms with Gasteiger partial charge in [-0.05, 0) is 66.2 Å². The molecule has 0 bridgehead atoms. The summed E-state index contributed by atoms with van der Waals surface area (Å²) in [4.78, 5) is 23.5. The highest BCUT2D eigenvalue weighted by molar-refractivity contribution is 9.11. The highest BCUT2D eigenvalue weighted by Gasteiger charge is 2.16. The van der Waals surface area contributed by atoms with E-state index in [0.29, 0.717) is 14.6 Å². The summed E-state index contributed by atoms with van der Waals surface area (Å²) in [6.07, 6.45) is 1.49. The first-order chi connectivity index (χ1) is 14.6. The van der Waals surface area contributed by atoms with Crippen molar-refractivity contribution in [2.45, 2.75) is 13.8 Å². The zero-order valence-corrected chi connectivity index (χ0v) is 20.2. The molecule has 0 spiro atoms. The number of phenols is 1. The molecule has 1 heterocycles. The lowest BCUT2D eigenvalue weighted by molar-refractivity contribution is 0.0696. The van der Waals surface area contributed by atoms with Crippen LogP contribution in [0.5, 0.6) is 5.75 Å². The number of carboxylic acids is 1. The average molecular weight is 570 g/mol. The predicted molar refractivity (Wildman–Crippen MR) is 126 cm³/mol. The van der Waals surface area contributed by atoms with E-state index in [9.17, 15) is 14.7 Å². The Balaban J connectivity index is 1.84. The highest BCUT2D eigenvalue weighted by Crippen LogP contribution is 2.31. The van der Waals surface area contributed by atoms with Gasteiger partial charge in [-0.15, -0.1) is 0 Å². The van der Waals surface area contributed by atoms with Gasteiger partial charge in [-0.1, -0.05) is 27.5 Å². The summed E-state index contributed by atoms with van der Waals surface area (Å²) in [5.41, 5.74) is 5.64. The number of aromatic hydroxyl groups is 1. The second-order valence-corrected chi connectivity index (χ2v) is 8.79. The largest absolute Gasteiger partial charge is 0.506 e. The molecule has 0 aliphatic heterocycles. The van der Waals surface area contributed by atoms with Crippen LogP contribution in [0, 0.1) is 13.8 Å². The van der Waals surface area contributed by atoms with Crippen molar-refractivity contribution in [2.24, 2.45) is 5.10 Å². The number of hydrogen-bond acceptors (Lipinski definition) is 4. The van der Waals surface area contributed by atoms with Crippen LogP contribution in [-0.2, 0) is 0 Å². The van der Waals surface area contributed by atoms with Crippen LogP contribution in [0.2, 0.25) is 5.02 Å². The first-order valence-electron chi connectivity index (χ1n) is 8.83. The molecule has 0 fully saturated rings. The Bertz CT molecular complexity index is 1240. The molecule has 0 radical (unpaired) electrons. The smallest absolute Gasteiger partial charge is 0.337 e. The van der Waals surface area contributed by atoms with Gasteiger partial charge in [-0.25, -0.2) is 10.2 Å². The van der Waals surface area contributed by atoms with Crippen LogP contribution in [-0.4, -0.2) is 32.9 Å². The van der Waals surface area contributed by atoms with E-state index in [1.165, 1.54) is 18.3 Å². The standard InChI is InChI=1S/C21H16Br2ClN3O4/c1-10-5-12(9-25-26-20(29)16-6-13(22)7-17(23)19(16)28)11(2)27(10)14-3-4-15(21(30)31)18(24)8-14/h3-9,28H,1-2H3,(H,26,29)(H,30,31)/b25-9-. The van der Waals surface area contributed by atoms with E-state index in [4.69, 9.17) is 16.7 Å². The number of nitrogens with zero attached hydrogens (tertiary/aromatic N) is 2. The van der Waals surface area contributed by atoms with E-state index in [1.54, 1.807) is 18.2 Å². The van der Waals surface area contributed by atoms with Gasteiger partial charge < -0.3 is 14.8 Å². The van der Waals surface area contributed by atoms with Crippen molar-refractivity contribution in [3.05, 3.63) is 78.4 Å². The van der Waals surface area contributed by atoms with Gasteiger partial charge in [0.25, 0.3) is 5.91 Å². The minimum Gasteiger partial charge on any atom is -0.506 e. The molecule has 0 saturated carbocycles. The van der Waals surface area contributed by atoms with Crippen molar-refractivity contribution in [3.63, 3.8) is 0 Å². The summed E-state index contributed by atoms with van der Waals surface area (Å²) in [6.45, 7) is 3.76. The molecule has 0 saturated heterocycles. The number of halogens is 3. The van der Waals surface area contributed by atoms with Gasteiger partial charge in [-0.3, -0.25) is 4.79 Å². The topological polar surface area (TPSA) is 104 Å². The molecule has 3 N–H and O–H groups in total. The van der Waals surface area contributed by atoms with Crippen molar-refractivity contribution in [1.82, 2.24) is 9.99 Å². The van der Waals surface area contributed by atoms with Crippen molar-refractivity contribution in [2.75, 3.05) is 0 Å². The van der Waals surface area contributed by atoms with Gasteiger partial charge in [0.05, 0.1) is 26.8 Å². The molecule has 0 aliphatic rings. The summed E-state index contributed by atoms with van der Waals surface area (Å²) in [6, 6.07) is 9.70. The number of carboxylic acid groups (broad SMARTS) is 1. The van der Waals surface area contributed by atoms with E-state index in [-0.39, 0.29) is 21.9 Å². The van der Waals surface area contributed by atoms with Crippen LogP contribution in [0.1, 0.15) is 37.7 Å². The van der Waals surface area contributed by atoms with Gasteiger partial charge in [-0.2, -0.15) is 5.10 Å². The Morgan fingerprint density at radius 3 is 2.48 bits per heavy atom. The Labute approximate surface area is 199 Å². The molecule has 10 heteroatoms. The van der Waals surface area contributed by atoms with E-state index in [2.05, 4.69) is 42.4 Å². The van der Waals surface area contributed by atoms with Crippen molar-refractivity contribution < 1.29 is 19.8 Å². The van der Waals surface area contributed by atoms with Crippen LogP contribution >= 0.6 is 43.5 Å². The normalized spacial score (nSPS) is 11.1. The molecule has 0 unspecified atom stereocenters. The summed E-state index contributed by atoms with van der Waals surface area (Å²) in [7, 11) is 0. The number of rotatable bonds is 5. The molecule has 2 aromatic carbocycles. The first kappa shape index (κ1) is 23.1. The number of aryl methyl sites for hydroxylation is 1. The number of benzene rings is 2. The molecule has 1 amide bonds. The highest BCUT2D eigenvalue weighted by atomic mass is 79.9. The van der Waals surface area contributed by atoms with Crippen molar-refractivity contribution in [1.29, 1.82) is 0 Å². The Hall–Kier alpha value is -2.62. The van der Waals surface area contributed by atoms with Gasteiger partial charge in [0.2, 0.25) is 0 Å². The fourth-order valence-corrected chi connectivity index (χ4v) is 4.57. The minimum atomic E-state index is -1.09. The molecule has 3 rings (SSSR count). The van der Waals surface area contributed by atoms with Gasteiger partial charge >= 0.3 is 5.97 Å². The number of hydrazone groups is 1. The fraction of sp³-hybridized carbons (Fsp3) is 0.0952.